The van der Waals surface area contributed by atoms with Crippen molar-refractivity contribution in [2.45, 2.75) is 6.42 Å². The molecule has 0 aliphatic carbocycles. The van der Waals surface area contributed by atoms with Gasteiger partial charge in [-0.05, 0) is 13.0 Å². The molecule has 24 heavy (non-hydrogen) atoms. The van der Waals surface area contributed by atoms with E-state index >= 15 is 0 Å². The quantitative estimate of drug-likeness (QED) is 0.682. The van der Waals surface area contributed by atoms with Crippen LogP contribution in [0.15, 0.2) is 12.1 Å². The molecule has 1 aromatic carbocycles. The van der Waals surface area contributed by atoms with Crippen molar-refractivity contribution in [1.29, 1.82) is 0 Å². The first-order valence-corrected chi connectivity index (χ1v) is 8.21. The number of carbonyl (C=O) groups excluding carboxylic acids is 1. The third kappa shape index (κ3) is 4.75. The van der Waals surface area contributed by atoms with Crippen LogP contribution < -0.4 is 24.8 Å². The molecule has 2 rings (SSSR count). The fraction of sp³-hybridized carbons (Fsp3) is 0.588. The van der Waals surface area contributed by atoms with Gasteiger partial charge in [0.2, 0.25) is 0 Å². The molecule has 1 aromatic rings. The maximum atomic E-state index is 12.4. The van der Waals surface area contributed by atoms with Gasteiger partial charge >= 0.3 is 0 Å². The maximum absolute atomic E-state index is 12.4. The third-order valence-electron chi connectivity index (χ3n) is 4.10. The monoisotopic (exact) mass is 337 g/mol. The lowest BCUT2D eigenvalue weighted by Crippen LogP contribution is -2.44. The molecule has 1 fully saturated rings. The summed E-state index contributed by atoms with van der Waals surface area (Å²) in [7, 11) is 4.62. The summed E-state index contributed by atoms with van der Waals surface area (Å²) >= 11 is 0. The lowest BCUT2D eigenvalue weighted by Gasteiger charge is -2.27. The van der Waals surface area contributed by atoms with Crippen molar-refractivity contribution in [2.24, 2.45) is 0 Å². The average Bonchev–Trinajstić information content (AvgIpc) is 2.64. The van der Waals surface area contributed by atoms with E-state index in [0.29, 0.717) is 29.4 Å². The van der Waals surface area contributed by atoms with E-state index in [1.54, 1.807) is 26.4 Å². The van der Waals surface area contributed by atoms with Crippen molar-refractivity contribution >= 4 is 5.91 Å². The zero-order chi connectivity index (χ0) is 17.4. The summed E-state index contributed by atoms with van der Waals surface area (Å²) < 4.78 is 15.8. The van der Waals surface area contributed by atoms with Gasteiger partial charge in [0, 0.05) is 44.9 Å². The molecular formula is C17H27N3O4. The molecule has 7 heteroatoms. The van der Waals surface area contributed by atoms with Gasteiger partial charge in [0.25, 0.3) is 5.91 Å². The van der Waals surface area contributed by atoms with Gasteiger partial charge < -0.3 is 29.7 Å². The molecule has 1 amide bonds. The molecule has 1 aliphatic heterocycles. The molecule has 7 nitrogen and oxygen atoms in total. The first-order valence-electron chi connectivity index (χ1n) is 8.21. The van der Waals surface area contributed by atoms with Crippen molar-refractivity contribution in [2.75, 3.05) is 60.6 Å². The van der Waals surface area contributed by atoms with Crippen LogP contribution in [0.2, 0.25) is 0 Å². The molecule has 0 spiro atoms. The zero-order valence-electron chi connectivity index (χ0n) is 14.7. The van der Waals surface area contributed by atoms with E-state index in [1.807, 2.05) is 0 Å². The Morgan fingerprint density at radius 2 is 1.71 bits per heavy atom. The highest BCUT2D eigenvalue weighted by Gasteiger charge is 2.17. The van der Waals surface area contributed by atoms with E-state index in [9.17, 15) is 4.79 Å². The molecule has 1 aliphatic rings. The van der Waals surface area contributed by atoms with Crippen LogP contribution in [0.4, 0.5) is 0 Å². The number of methoxy groups -OCH3 is 3. The summed E-state index contributed by atoms with van der Waals surface area (Å²) in [5.41, 5.74) is 0.442. The smallest absolute Gasteiger partial charge is 0.255 e. The Hall–Kier alpha value is -1.99. The van der Waals surface area contributed by atoms with Crippen LogP contribution in [0.5, 0.6) is 17.2 Å². The number of nitrogens with one attached hydrogen (secondary N) is 2. The van der Waals surface area contributed by atoms with Gasteiger partial charge in [-0.3, -0.25) is 4.79 Å². The standard InChI is InChI=1S/C17H27N3O4/c1-22-14-12-16(24-3)15(23-2)11-13(14)17(21)19-5-4-8-20-9-6-18-7-10-20/h11-12,18H,4-10H2,1-3H3,(H,19,21). The molecule has 0 bridgehead atoms. The minimum atomic E-state index is -0.173. The van der Waals surface area contributed by atoms with Gasteiger partial charge in [-0.1, -0.05) is 0 Å². The third-order valence-corrected chi connectivity index (χ3v) is 4.10. The number of carbonyl (C=O) groups is 1. The molecule has 0 atom stereocenters. The average molecular weight is 337 g/mol. The Kier molecular flexibility index (Phi) is 7.14. The number of benzene rings is 1. The summed E-state index contributed by atoms with van der Waals surface area (Å²) in [6, 6.07) is 3.30. The van der Waals surface area contributed by atoms with E-state index in [2.05, 4.69) is 15.5 Å². The van der Waals surface area contributed by atoms with Crippen LogP contribution in [0, 0.1) is 0 Å². The van der Waals surface area contributed by atoms with Crippen molar-refractivity contribution in [3.05, 3.63) is 17.7 Å². The fourth-order valence-electron chi connectivity index (χ4n) is 2.74. The minimum absolute atomic E-state index is 0.173. The maximum Gasteiger partial charge on any atom is 0.255 e. The Labute approximate surface area is 143 Å². The van der Waals surface area contributed by atoms with Crippen molar-refractivity contribution in [3.8, 4) is 17.2 Å². The van der Waals surface area contributed by atoms with Crippen LogP contribution in [0.3, 0.4) is 0 Å². The molecule has 1 saturated heterocycles. The second kappa shape index (κ2) is 9.34. The predicted octanol–water partition coefficient (Wildman–Crippen LogP) is 0.738. The van der Waals surface area contributed by atoms with E-state index in [1.165, 1.54) is 7.11 Å². The Balaban J connectivity index is 1.91. The Bertz CT molecular complexity index is 545. The molecule has 0 unspecified atom stereocenters. The fourth-order valence-corrected chi connectivity index (χ4v) is 2.74. The van der Waals surface area contributed by atoms with Gasteiger partial charge in [-0.25, -0.2) is 0 Å². The minimum Gasteiger partial charge on any atom is -0.496 e. The highest BCUT2D eigenvalue weighted by Crippen LogP contribution is 2.34. The number of amides is 1. The Morgan fingerprint density at radius 3 is 2.33 bits per heavy atom. The lowest BCUT2D eigenvalue weighted by molar-refractivity contribution is 0.0947. The SMILES string of the molecule is COc1cc(OC)c(C(=O)NCCCN2CCNCC2)cc1OC. The second-order valence-corrected chi connectivity index (χ2v) is 5.61. The van der Waals surface area contributed by atoms with Crippen LogP contribution in [0.25, 0.3) is 0 Å². The number of nitrogens with zero attached hydrogens (tertiary/aromatic N) is 1. The normalized spacial score (nSPS) is 15.0. The summed E-state index contributed by atoms with van der Waals surface area (Å²) in [6.07, 6.45) is 0.918. The number of hydrogen-bond acceptors (Lipinski definition) is 6. The van der Waals surface area contributed by atoms with Crippen LogP contribution in [-0.4, -0.2) is 71.4 Å². The first kappa shape index (κ1) is 18.4. The second-order valence-electron chi connectivity index (χ2n) is 5.61. The van der Waals surface area contributed by atoms with Crippen molar-refractivity contribution in [3.63, 3.8) is 0 Å². The van der Waals surface area contributed by atoms with Crippen molar-refractivity contribution < 1.29 is 19.0 Å². The summed E-state index contributed by atoms with van der Waals surface area (Å²) in [6.45, 7) is 5.82. The zero-order valence-corrected chi connectivity index (χ0v) is 14.7. The number of ether oxygens (including phenoxy) is 3. The molecule has 1 heterocycles. The number of hydrogen-bond donors (Lipinski definition) is 2. The van der Waals surface area contributed by atoms with Crippen LogP contribution in [0.1, 0.15) is 16.8 Å². The molecule has 0 saturated carbocycles. The molecule has 0 radical (unpaired) electrons. The van der Waals surface area contributed by atoms with Crippen molar-refractivity contribution in [1.82, 2.24) is 15.5 Å². The summed E-state index contributed by atoms with van der Waals surface area (Å²) in [4.78, 5) is 14.8. The van der Waals surface area contributed by atoms with Gasteiger partial charge in [0.15, 0.2) is 11.5 Å². The molecular weight excluding hydrogens is 310 g/mol. The predicted molar refractivity (Wildman–Crippen MR) is 92.4 cm³/mol. The Morgan fingerprint density at radius 1 is 1.08 bits per heavy atom. The highest BCUT2D eigenvalue weighted by atomic mass is 16.5. The van der Waals surface area contributed by atoms with Gasteiger partial charge in [0.05, 0.1) is 26.9 Å². The highest BCUT2D eigenvalue weighted by molar-refractivity contribution is 5.97. The largest absolute Gasteiger partial charge is 0.496 e. The first-order chi connectivity index (χ1) is 11.7. The topological polar surface area (TPSA) is 72.1 Å². The van der Waals surface area contributed by atoms with E-state index in [4.69, 9.17) is 14.2 Å². The van der Waals surface area contributed by atoms with E-state index in [0.717, 1.165) is 39.1 Å². The lowest BCUT2D eigenvalue weighted by atomic mass is 10.1. The van der Waals surface area contributed by atoms with E-state index < -0.39 is 0 Å². The molecule has 134 valence electrons. The molecule has 2 N–H and O–H groups in total. The van der Waals surface area contributed by atoms with Crippen LogP contribution in [-0.2, 0) is 0 Å². The van der Waals surface area contributed by atoms with Gasteiger partial charge in [0.1, 0.15) is 5.75 Å². The summed E-state index contributed by atoms with van der Waals surface area (Å²) in [5, 5.41) is 6.27. The van der Waals surface area contributed by atoms with E-state index in [-0.39, 0.29) is 5.91 Å². The van der Waals surface area contributed by atoms with Gasteiger partial charge in [-0.15, -0.1) is 0 Å². The number of rotatable bonds is 8. The molecule has 0 aromatic heterocycles. The summed E-state index contributed by atoms with van der Waals surface area (Å²) in [5.74, 6) is 1.33. The number of piperazine rings is 1. The van der Waals surface area contributed by atoms with Gasteiger partial charge in [-0.2, -0.15) is 0 Å². The van der Waals surface area contributed by atoms with Crippen LogP contribution >= 0.6 is 0 Å².